The van der Waals surface area contributed by atoms with Gasteiger partial charge in [-0.05, 0) is 67.3 Å². The summed E-state index contributed by atoms with van der Waals surface area (Å²) >= 11 is 6.21. The predicted octanol–water partition coefficient (Wildman–Crippen LogP) is 6.82. The van der Waals surface area contributed by atoms with Gasteiger partial charge in [0.05, 0.1) is 22.1 Å². The van der Waals surface area contributed by atoms with Gasteiger partial charge in [-0.1, -0.05) is 35.9 Å². The van der Waals surface area contributed by atoms with Crippen molar-refractivity contribution in [1.82, 2.24) is 0 Å². The first kappa shape index (κ1) is 26.1. The molecule has 4 aromatic carbocycles. The molecule has 0 radical (unpaired) electrons. The molecule has 3 N–H and O–H groups in total. The molecule has 0 heterocycles. The second-order valence-corrected chi connectivity index (χ2v) is 9.75. The zero-order valence-corrected chi connectivity index (χ0v) is 21.3. The number of anilines is 1. The highest BCUT2D eigenvalue weighted by molar-refractivity contribution is 7.85. The van der Waals surface area contributed by atoms with Gasteiger partial charge in [-0.2, -0.15) is 8.42 Å². The lowest BCUT2D eigenvalue weighted by molar-refractivity contribution is 0.102. The van der Waals surface area contributed by atoms with Crippen molar-refractivity contribution in [1.29, 1.82) is 0 Å². The van der Waals surface area contributed by atoms with Crippen LogP contribution in [0.1, 0.15) is 22.8 Å². The summed E-state index contributed by atoms with van der Waals surface area (Å²) in [4.78, 5) is 12.7. The number of halogens is 1. The van der Waals surface area contributed by atoms with Crippen molar-refractivity contribution in [3.63, 3.8) is 0 Å². The average Bonchev–Trinajstić information content (AvgIpc) is 2.85. The first-order valence-electron chi connectivity index (χ1n) is 11.1. The van der Waals surface area contributed by atoms with E-state index in [9.17, 15) is 22.9 Å². The summed E-state index contributed by atoms with van der Waals surface area (Å²) in [6.07, 6.45) is 0. The highest BCUT2D eigenvalue weighted by Crippen LogP contribution is 2.41. The van der Waals surface area contributed by atoms with Gasteiger partial charge in [0.15, 0.2) is 5.75 Å². The number of hydrogen-bond acceptors (Lipinski definition) is 7. The molecule has 0 aliphatic rings. The average molecular weight is 540 g/mol. The van der Waals surface area contributed by atoms with Crippen LogP contribution in [0.4, 0.5) is 17.1 Å². The normalized spacial score (nSPS) is 11.7. The molecule has 190 valence electrons. The molecule has 4 rings (SSSR count). The van der Waals surface area contributed by atoms with Crippen molar-refractivity contribution in [3.05, 3.63) is 82.9 Å². The Hall–Kier alpha value is -3.99. The van der Waals surface area contributed by atoms with Crippen LogP contribution in [0.3, 0.4) is 0 Å². The molecule has 0 saturated carbocycles. The highest BCUT2D eigenvalue weighted by atomic mass is 35.5. The summed E-state index contributed by atoms with van der Waals surface area (Å²) in [7, 11) is -4.52. The number of carbonyl (C=O) groups excluding carboxylic acids is 1. The molecule has 9 nitrogen and oxygen atoms in total. The number of amides is 1. The van der Waals surface area contributed by atoms with Crippen molar-refractivity contribution in [2.24, 2.45) is 10.2 Å². The smallest absolute Gasteiger partial charge is 0.294 e. The van der Waals surface area contributed by atoms with E-state index in [1.165, 1.54) is 19.1 Å². The number of rotatable bonds is 7. The number of ether oxygens (including phenoxy) is 1. The van der Waals surface area contributed by atoms with E-state index in [2.05, 4.69) is 15.5 Å². The minimum Gasteiger partial charge on any atom is -0.505 e. The van der Waals surface area contributed by atoms with Gasteiger partial charge >= 0.3 is 0 Å². The Morgan fingerprint density at radius 3 is 2.38 bits per heavy atom. The molecule has 0 unspecified atom stereocenters. The number of nitrogens with one attached hydrogen (secondary N) is 1. The van der Waals surface area contributed by atoms with E-state index in [1.807, 2.05) is 6.92 Å². The maximum Gasteiger partial charge on any atom is 0.294 e. The molecule has 0 bridgehead atoms. The molecular weight excluding hydrogens is 518 g/mol. The molecule has 1 amide bonds. The first-order chi connectivity index (χ1) is 17.6. The zero-order valence-electron chi connectivity index (χ0n) is 19.8. The largest absolute Gasteiger partial charge is 0.505 e. The van der Waals surface area contributed by atoms with Gasteiger partial charge < -0.3 is 15.2 Å². The Labute approximate surface area is 218 Å². The number of nitrogens with zero attached hydrogens (tertiary/aromatic N) is 2. The molecule has 0 aromatic heterocycles. The molecule has 0 aliphatic heterocycles. The van der Waals surface area contributed by atoms with Crippen LogP contribution in [0.15, 0.2) is 81.9 Å². The summed E-state index contributed by atoms with van der Waals surface area (Å²) in [5, 5.41) is 23.2. The Morgan fingerprint density at radius 1 is 1.03 bits per heavy atom. The third kappa shape index (κ3) is 5.56. The van der Waals surface area contributed by atoms with Gasteiger partial charge in [-0.3, -0.25) is 9.35 Å². The second kappa shape index (κ2) is 10.6. The molecule has 4 aromatic rings. The molecule has 0 fully saturated rings. The summed E-state index contributed by atoms with van der Waals surface area (Å²) in [6.45, 7) is 3.80. The first-order valence-corrected chi connectivity index (χ1v) is 12.9. The van der Waals surface area contributed by atoms with Gasteiger partial charge in [0.25, 0.3) is 16.0 Å². The highest BCUT2D eigenvalue weighted by Gasteiger charge is 2.20. The maximum atomic E-state index is 13.1. The fraction of sp³-hybridized carbons (Fsp3) is 0.115. The van der Waals surface area contributed by atoms with Crippen LogP contribution < -0.4 is 10.1 Å². The van der Waals surface area contributed by atoms with Crippen molar-refractivity contribution in [2.75, 3.05) is 11.9 Å². The second-order valence-electron chi connectivity index (χ2n) is 7.95. The lowest BCUT2D eigenvalue weighted by atomic mass is 10.0. The van der Waals surface area contributed by atoms with Gasteiger partial charge in [0.1, 0.15) is 17.1 Å². The molecule has 0 atom stereocenters. The van der Waals surface area contributed by atoms with Crippen LogP contribution >= 0.6 is 11.6 Å². The van der Waals surface area contributed by atoms with E-state index in [0.29, 0.717) is 28.8 Å². The minimum atomic E-state index is -4.52. The summed E-state index contributed by atoms with van der Waals surface area (Å²) in [6, 6.07) is 17.7. The summed E-state index contributed by atoms with van der Waals surface area (Å²) in [5.74, 6) is -0.346. The molecule has 11 heteroatoms. The molecule has 0 spiro atoms. The van der Waals surface area contributed by atoms with Crippen molar-refractivity contribution < 1.29 is 27.6 Å². The van der Waals surface area contributed by atoms with E-state index in [1.54, 1.807) is 48.5 Å². The van der Waals surface area contributed by atoms with Gasteiger partial charge in [0.2, 0.25) is 0 Å². The maximum absolute atomic E-state index is 13.1. The van der Waals surface area contributed by atoms with E-state index in [-0.39, 0.29) is 32.4 Å². The van der Waals surface area contributed by atoms with E-state index in [4.69, 9.17) is 16.3 Å². The van der Waals surface area contributed by atoms with E-state index in [0.717, 1.165) is 6.07 Å². The monoisotopic (exact) mass is 539 g/mol. The third-order valence-corrected chi connectivity index (χ3v) is 6.83. The Kier molecular flexibility index (Phi) is 7.44. The number of phenolic OH excluding ortho intramolecular Hbond substituents is 1. The fourth-order valence-corrected chi connectivity index (χ4v) is 4.71. The van der Waals surface area contributed by atoms with Crippen LogP contribution in [-0.4, -0.2) is 30.6 Å². The minimum absolute atomic E-state index is 0.00971. The van der Waals surface area contributed by atoms with Gasteiger partial charge in [0, 0.05) is 11.1 Å². The van der Waals surface area contributed by atoms with Crippen LogP contribution in [0.25, 0.3) is 10.8 Å². The Bertz CT molecular complexity index is 1640. The number of hydrogen-bond donors (Lipinski definition) is 3. The number of benzene rings is 4. The topological polar surface area (TPSA) is 138 Å². The van der Waals surface area contributed by atoms with E-state index >= 15 is 0 Å². The summed E-state index contributed by atoms with van der Waals surface area (Å²) < 4.78 is 38.3. The molecule has 37 heavy (non-hydrogen) atoms. The van der Waals surface area contributed by atoms with Crippen LogP contribution in [0.5, 0.6) is 11.5 Å². The molecule has 0 aliphatic carbocycles. The number of phenols is 1. The predicted molar refractivity (Wildman–Crippen MR) is 141 cm³/mol. The van der Waals surface area contributed by atoms with Crippen LogP contribution in [-0.2, 0) is 10.1 Å². The number of carbonyl (C=O) groups is 1. The molecule has 0 saturated heterocycles. The lowest BCUT2D eigenvalue weighted by Gasteiger charge is -2.12. The zero-order chi connectivity index (χ0) is 26.7. The van der Waals surface area contributed by atoms with Crippen molar-refractivity contribution in [2.45, 2.75) is 18.7 Å². The number of aromatic hydroxyl groups is 1. The fourth-order valence-electron chi connectivity index (χ4n) is 3.74. The number of fused-ring (bicyclic) bond motifs is 1. The van der Waals surface area contributed by atoms with Gasteiger partial charge in [-0.15, -0.1) is 10.2 Å². The van der Waals surface area contributed by atoms with E-state index < -0.39 is 21.8 Å². The standard InChI is InChI=1S/C26H22ClN3O6S/c1-3-36-18-10-8-17(9-11-18)28-26(32)20-14-16-6-4-5-7-19(16)24(25(20)31)30-29-23-15(2)22(37(33,34)35)13-12-21(23)27/h4-14,31H,3H2,1-2H3,(H,28,32)(H,33,34,35). The lowest BCUT2D eigenvalue weighted by Crippen LogP contribution is -2.12. The Balaban J connectivity index is 1.77. The quantitative estimate of drug-likeness (QED) is 0.174. The van der Waals surface area contributed by atoms with Crippen LogP contribution in [0.2, 0.25) is 5.02 Å². The Morgan fingerprint density at radius 2 is 1.70 bits per heavy atom. The SMILES string of the molecule is CCOc1ccc(NC(=O)c2cc3ccccc3c(N=Nc3c(Cl)ccc(S(=O)(=O)O)c3C)c2O)cc1. The van der Waals surface area contributed by atoms with Crippen molar-refractivity contribution in [3.8, 4) is 11.5 Å². The van der Waals surface area contributed by atoms with Gasteiger partial charge in [-0.25, -0.2) is 0 Å². The summed E-state index contributed by atoms with van der Waals surface area (Å²) in [5.41, 5.74) is 0.504. The van der Waals surface area contributed by atoms with Crippen molar-refractivity contribution >= 4 is 55.5 Å². The third-order valence-electron chi connectivity index (χ3n) is 5.52. The number of azo groups is 1. The molecular formula is C26H22ClN3O6S. The van der Waals surface area contributed by atoms with Crippen LogP contribution in [0, 0.1) is 6.92 Å².